The Hall–Kier alpha value is -4.18. The quantitative estimate of drug-likeness (QED) is 0.214. The maximum absolute atomic E-state index is 6.69. The van der Waals surface area contributed by atoms with Crippen LogP contribution in [-0.4, -0.2) is 26.2 Å². The molecular weight excluding hydrogens is 516 g/mol. The molecule has 0 atom stereocenters. The molecule has 2 aliphatic rings. The van der Waals surface area contributed by atoms with Gasteiger partial charge in [-0.1, -0.05) is 12.1 Å². The standard InChI is InChI=1S/C38H36N2O2/c1-23-35-31-19-25-9-11-29(39-13-5-3-6-14-39)17-27(25)21-33(31)42-38(35)24(2)36-32-20-26-10-12-30(40-15-7-4-8-16-40)18-28(26)22-34(32)41-37(23)36/h9-12,17-22H,3-8,13-16H2,1-2H3. The highest BCUT2D eigenvalue weighted by Crippen LogP contribution is 2.44. The Labute approximate surface area is 245 Å². The van der Waals surface area contributed by atoms with Gasteiger partial charge < -0.3 is 18.6 Å². The van der Waals surface area contributed by atoms with Crippen molar-refractivity contribution in [3.8, 4) is 0 Å². The average molecular weight is 553 g/mol. The van der Waals surface area contributed by atoms with Crippen molar-refractivity contribution in [1.29, 1.82) is 0 Å². The Balaban J connectivity index is 1.22. The Kier molecular flexibility index (Phi) is 5.33. The number of nitrogens with zero attached hydrogens (tertiary/aromatic N) is 2. The maximum atomic E-state index is 6.69. The summed E-state index contributed by atoms with van der Waals surface area (Å²) in [5, 5.41) is 9.67. The summed E-state index contributed by atoms with van der Waals surface area (Å²) in [5.74, 6) is 0. The molecule has 5 aromatic carbocycles. The molecule has 0 spiro atoms. The molecular formula is C38H36N2O2. The second-order valence-corrected chi connectivity index (χ2v) is 12.7. The number of rotatable bonds is 2. The molecule has 0 bridgehead atoms. The van der Waals surface area contributed by atoms with Crippen LogP contribution < -0.4 is 9.80 Å². The molecule has 4 nitrogen and oxygen atoms in total. The molecule has 42 heavy (non-hydrogen) atoms. The van der Waals surface area contributed by atoms with Gasteiger partial charge in [0.1, 0.15) is 22.3 Å². The van der Waals surface area contributed by atoms with Crippen molar-refractivity contribution in [3.05, 3.63) is 71.8 Å². The second-order valence-electron chi connectivity index (χ2n) is 12.7. The molecule has 0 amide bonds. The number of aryl methyl sites for hydroxylation is 2. The maximum Gasteiger partial charge on any atom is 0.139 e. The van der Waals surface area contributed by atoms with Gasteiger partial charge in [-0.25, -0.2) is 0 Å². The van der Waals surface area contributed by atoms with Crippen molar-refractivity contribution in [1.82, 2.24) is 0 Å². The van der Waals surface area contributed by atoms with Crippen LogP contribution in [0.25, 0.3) is 65.4 Å². The molecule has 2 saturated heterocycles. The minimum absolute atomic E-state index is 0.951. The third-order valence-corrected chi connectivity index (χ3v) is 10.1. The summed E-state index contributed by atoms with van der Waals surface area (Å²) in [6, 6.07) is 22.9. The van der Waals surface area contributed by atoms with E-state index in [4.69, 9.17) is 8.83 Å². The van der Waals surface area contributed by atoms with Gasteiger partial charge >= 0.3 is 0 Å². The predicted molar refractivity (Wildman–Crippen MR) is 178 cm³/mol. The number of hydrogen-bond donors (Lipinski definition) is 0. The smallest absolute Gasteiger partial charge is 0.139 e. The monoisotopic (exact) mass is 552 g/mol. The van der Waals surface area contributed by atoms with Crippen LogP contribution in [-0.2, 0) is 0 Å². The highest BCUT2D eigenvalue weighted by molar-refractivity contribution is 6.21. The number of furan rings is 2. The first-order chi connectivity index (χ1) is 20.6. The van der Waals surface area contributed by atoms with Crippen molar-refractivity contribution in [2.45, 2.75) is 52.4 Å². The number of piperidine rings is 2. The Bertz CT molecular complexity index is 2030. The van der Waals surface area contributed by atoms with E-state index in [1.807, 2.05) is 0 Å². The summed E-state index contributed by atoms with van der Waals surface area (Å²) in [7, 11) is 0. The van der Waals surface area contributed by atoms with Crippen LogP contribution in [0, 0.1) is 13.8 Å². The van der Waals surface area contributed by atoms with Gasteiger partial charge in [0.15, 0.2) is 0 Å². The molecule has 210 valence electrons. The van der Waals surface area contributed by atoms with Crippen LogP contribution in [0.2, 0.25) is 0 Å². The second kappa shape index (κ2) is 9.16. The summed E-state index contributed by atoms with van der Waals surface area (Å²) in [6.07, 6.45) is 7.82. The minimum atomic E-state index is 0.951. The van der Waals surface area contributed by atoms with Gasteiger partial charge in [-0.05, 0) is 122 Å². The molecule has 2 aromatic heterocycles. The highest BCUT2D eigenvalue weighted by Gasteiger charge is 2.22. The van der Waals surface area contributed by atoms with Crippen molar-refractivity contribution >= 4 is 76.8 Å². The predicted octanol–water partition coefficient (Wildman–Crippen LogP) is 10.4. The van der Waals surface area contributed by atoms with Crippen LogP contribution in [0.3, 0.4) is 0 Å². The summed E-state index contributed by atoms with van der Waals surface area (Å²) in [6.45, 7) is 8.99. The molecule has 0 unspecified atom stereocenters. The van der Waals surface area contributed by atoms with E-state index < -0.39 is 0 Å². The molecule has 0 N–H and O–H groups in total. The van der Waals surface area contributed by atoms with Crippen molar-refractivity contribution in [2.75, 3.05) is 36.0 Å². The first-order valence-electron chi connectivity index (χ1n) is 15.8. The van der Waals surface area contributed by atoms with Crippen molar-refractivity contribution in [2.24, 2.45) is 0 Å². The van der Waals surface area contributed by atoms with Crippen molar-refractivity contribution in [3.63, 3.8) is 0 Å². The van der Waals surface area contributed by atoms with Crippen LogP contribution >= 0.6 is 0 Å². The summed E-state index contributed by atoms with van der Waals surface area (Å²) < 4.78 is 13.4. The van der Waals surface area contributed by atoms with Gasteiger partial charge in [0.2, 0.25) is 0 Å². The van der Waals surface area contributed by atoms with E-state index in [1.54, 1.807) is 0 Å². The first kappa shape index (κ1) is 24.4. The van der Waals surface area contributed by atoms with E-state index in [0.717, 1.165) is 59.6 Å². The number of hydrogen-bond acceptors (Lipinski definition) is 4. The van der Waals surface area contributed by atoms with Crippen molar-refractivity contribution < 1.29 is 8.83 Å². The van der Waals surface area contributed by atoms with Crippen LogP contribution in [0.15, 0.2) is 69.5 Å². The van der Waals surface area contributed by atoms with Crippen LogP contribution in [0.4, 0.5) is 11.4 Å². The van der Waals surface area contributed by atoms with Gasteiger partial charge in [0.05, 0.1) is 0 Å². The first-order valence-corrected chi connectivity index (χ1v) is 15.8. The van der Waals surface area contributed by atoms with E-state index in [0.29, 0.717) is 0 Å². The fourth-order valence-corrected chi connectivity index (χ4v) is 7.85. The largest absolute Gasteiger partial charge is 0.456 e. The summed E-state index contributed by atoms with van der Waals surface area (Å²) >= 11 is 0. The van der Waals surface area contributed by atoms with Gasteiger partial charge in [0, 0.05) is 70.2 Å². The van der Waals surface area contributed by atoms with Crippen LogP contribution in [0.5, 0.6) is 0 Å². The van der Waals surface area contributed by atoms with Gasteiger partial charge in [-0.2, -0.15) is 0 Å². The number of fused-ring (bicyclic) bond motifs is 8. The molecule has 0 saturated carbocycles. The molecule has 0 radical (unpaired) electrons. The summed E-state index contributed by atoms with van der Waals surface area (Å²) in [5.41, 5.74) is 8.81. The number of anilines is 2. The lowest BCUT2D eigenvalue weighted by Crippen LogP contribution is -2.29. The Morgan fingerprint density at radius 3 is 1.33 bits per heavy atom. The van der Waals surface area contributed by atoms with E-state index in [9.17, 15) is 0 Å². The SMILES string of the molecule is Cc1c2oc3cc4cc(N5CCCCC5)ccc4cc3c2c(C)c2oc3cc4cc(N5CCCCC5)ccc4cc3c12. The zero-order chi connectivity index (χ0) is 27.9. The minimum Gasteiger partial charge on any atom is -0.456 e. The molecule has 4 heteroatoms. The Morgan fingerprint density at radius 1 is 0.476 bits per heavy atom. The lowest BCUT2D eigenvalue weighted by molar-refractivity contribution is 0.578. The normalized spacial score (nSPS) is 16.7. The molecule has 7 aromatic rings. The third-order valence-electron chi connectivity index (χ3n) is 10.1. The van der Waals surface area contributed by atoms with Gasteiger partial charge in [-0.3, -0.25) is 0 Å². The van der Waals surface area contributed by atoms with E-state index >= 15 is 0 Å². The third kappa shape index (κ3) is 3.60. The number of benzene rings is 5. The molecule has 2 aliphatic heterocycles. The van der Waals surface area contributed by atoms with Crippen LogP contribution in [0.1, 0.15) is 49.7 Å². The van der Waals surface area contributed by atoms with Gasteiger partial charge in [0.25, 0.3) is 0 Å². The lowest BCUT2D eigenvalue weighted by Gasteiger charge is -2.29. The molecule has 4 heterocycles. The topological polar surface area (TPSA) is 32.8 Å². The average Bonchev–Trinajstić information content (AvgIpc) is 3.60. The molecule has 0 aliphatic carbocycles. The highest BCUT2D eigenvalue weighted by atomic mass is 16.3. The van der Waals surface area contributed by atoms with E-state index in [1.165, 1.54) is 93.0 Å². The van der Waals surface area contributed by atoms with E-state index in [2.05, 4.69) is 84.3 Å². The van der Waals surface area contributed by atoms with E-state index in [-0.39, 0.29) is 0 Å². The fourth-order valence-electron chi connectivity index (χ4n) is 7.85. The Morgan fingerprint density at radius 2 is 0.905 bits per heavy atom. The van der Waals surface area contributed by atoms with Gasteiger partial charge in [-0.15, -0.1) is 0 Å². The molecule has 9 rings (SSSR count). The fraction of sp³-hybridized carbons (Fsp3) is 0.316. The summed E-state index contributed by atoms with van der Waals surface area (Å²) in [4.78, 5) is 5.05. The molecule has 2 fully saturated rings. The lowest BCUT2D eigenvalue weighted by atomic mass is 9.97. The zero-order valence-corrected chi connectivity index (χ0v) is 24.6. The zero-order valence-electron chi connectivity index (χ0n) is 24.6.